The molecule has 0 saturated heterocycles. The van der Waals surface area contributed by atoms with Crippen LogP contribution in [0, 0.1) is 11.3 Å². The highest BCUT2D eigenvalue weighted by molar-refractivity contribution is 5.66. The molecule has 0 radical (unpaired) electrons. The molecule has 1 aromatic heterocycles. The Morgan fingerprint density at radius 1 is 1.12 bits per heavy atom. The van der Waals surface area contributed by atoms with E-state index in [1.807, 2.05) is 36.4 Å². The Kier molecular flexibility index (Phi) is 5.35. The number of nitrogens with zero attached hydrogens (tertiary/aromatic N) is 1. The number of rotatable bonds is 6. The maximum Gasteiger partial charge on any atom is 0.356 e. The van der Waals surface area contributed by atoms with Crippen LogP contribution in [0.5, 0.6) is 5.75 Å². The van der Waals surface area contributed by atoms with Crippen LogP contribution >= 0.6 is 0 Å². The number of benzene rings is 2. The van der Waals surface area contributed by atoms with Crippen LogP contribution < -0.4 is 15.7 Å². The first-order valence-electron chi connectivity index (χ1n) is 8.21. The lowest BCUT2D eigenvalue weighted by molar-refractivity contribution is 0.415. The number of anilines is 1. The molecule has 2 aromatic carbocycles. The molecule has 5 heteroatoms. The summed E-state index contributed by atoms with van der Waals surface area (Å²) in [6.07, 6.45) is 0.782. The lowest BCUT2D eigenvalue weighted by Gasteiger charge is -2.10. The van der Waals surface area contributed by atoms with Gasteiger partial charge in [-0.05, 0) is 36.2 Å². The van der Waals surface area contributed by atoms with Gasteiger partial charge in [-0.25, -0.2) is 4.79 Å². The van der Waals surface area contributed by atoms with Gasteiger partial charge in [0.1, 0.15) is 17.6 Å². The highest BCUT2D eigenvalue weighted by Crippen LogP contribution is 2.25. The minimum Gasteiger partial charge on any atom is -0.497 e. The second-order valence-electron chi connectivity index (χ2n) is 5.69. The summed E-state index contributed by atoms with van der Waals surface area (Å²) in [5.74, 6) is 1.12. The number of nitrogens with one attached hydrogen (secondary N) is 1. The minimum absolute atomic E-state index is 0.0182. The molecule has 0 atom stereocenters. The predicted octanol–water partition coefficient (Wildman–Crippen LogP) is 3.84. The summed E-state index contributed by atoms with van der Waals surface area (Å²) < 4.78 is 10.4. The molecule has 0 saturated carbocycles. The number of nitriles is 1. The van der Waals surface area contributed by atoms with E-state index in [2.05, 4.69) is 5.32 Å². The summed E-state index contributed by atoms with van der Waals surface area (Å²) in [6, 6.07) is 20.8. The quantitative estimate of drug-likeness (QED) is 0.734. The lowest BCUT2D eigenvalue weighted by atomic mass is 10.1. The highest BCUT2D eigenvalue weighted by atomic mass is 16.5. The van der Waals surface area contributed by atoms with Gasteiger partial charge in [0.25, 0.3) is 0 Å². The molecule has 3 aromatic rings. The number of methoxy groups -OCH3 is 1. The highest BCUT2D eigenvalue weighted by Gasteiger charge is 2.13. The largest absolute Gasteiger partial charge is 0.497 e. The molecule has 1 N–H and O–H groups in total. The van der Waals surface area contributed by atoms with E-state index >= 15 is 0 Å². The second-order valence-corrected chi connectivity index (χ2v) is 5.69. The van der Waals surface area contributed by atoms with E-state index in [1.54, 1.807) is 37.4 Å². The van der Waals surface area contributed by atoms with Crippen molar-refractivity contribution < 1.29 is 9.15 Å². The van der Waals surface area contributed by atoms with Gasteiger partial charge in [-0.1, -0.05) is 30.3 Å². The smallest absolute Gasteiger partial charge is 0.356 e. The maximum absolute atomic E-state index is 12.2. The molecule has 1 heterocycles. The summed E-state index contributed by atoms with van der Waals surface area (Å²) >= 11 is 0. The van der Waals surface area contributed by atoms with Gasteiger partial charge in [-0.3, -0.25) is 0 Å². The minimum atomic E-state index is -0.650. The molecule has 3 rings (SSSR count). The van der Waals surface area contributed by atoms with Gasteiger partial charge in [0, 0.05) is 18.2 Å². The molecule has 130 valence electrons. The van der Waals surface area contributed by atoms with Crippen molar-refractivity contribution in [1.29, 1.82) is 5.26 Å². The fourth-order valence-electron chi connectivity index (χ4n) is 2.62. The number of hydrogen-bond donors (Lipinski definition) is 1. The molecule has 26 heavy (non-hydrogen) atoms. The number of ether oxygens (including phenoxy) is 1. The molecule has 5 nitrogen and oxygen atoms in total. The zero-order chi connectivity index (χ0) is 18.4. The average molecular weight is 346 g/mol. The van der Waals surface area contributed by atoms with E-state index in [9.17, 15) is 10.1 Å². The van der Waals surface area contributed by atoms with E-state index in [0.29, 0.717) is 23.7 Å². The zero-order valence-corrected chi connectivity index (χ0v) is 14.4. The van der Waals surface area contributed by atoms with Gasteiger partial charge >= 0.3 is 5.63 Å². The summed E-state index contributed by atoms with van der Waals surface area (Å²) in [7, 11) is 1.59. The van der Waals surface area contributed by atoms with Gasteiger partial charge in [-0.15, -0.1) is 0 Å². The standard InChI is InChI=1S/C21H18N2O3/c1-25-17-9-7-16(8-10-17)20-13-19(18(14-22)21(24)26-20)23-12-11-15-5-3-2-4-6-15/h2-10,13,23H,11-12H2,1H3. The Bertz CT molecular complexity index is 971. The summed E-state index contributed by atoms with van der Waals surface area (Å²) in [5.41, 5.74) is 1.72. The van der Waals surface area contributed by atoms with Crippen molar-refractivity contribution in [3.63, 3.8) is 0 Å². The zero-order valence-electron chi connectivity index (χ0n) is 14.4. The first-order valence-corrected chi connectivity index (χ1v) is 8.21. The van der Waals surface area contributed by atoms with Crippen LogP contribution in [0.3, 0.4) is 0 Å². The van der Waals surface area contributed by atoms with E-state index < -0.39 is 5.63 Å². The Balaban J connectivity index is 1.84. The monoisotopic (exact) mass is 346 g/mol. The number of hydrogen-bond acceptors (Lipinski definition) is 5. The molecule has 0 aliphatic heterocycles. The van der Waals surface area contributed by atoms with Gasteiger partial charge < -0.3 is 14.5 Å². The van der Waals surface area contributed by atoms with Crippen LogP contribution in [-0.4, -0.2) is 13.7 Å². The van der Waals surface area contributed by atoms with Crippen LogP contribution in [0.25, 0.3) is 11.3 Å². The van der Waals surface area contributed by atoms with Crippen molar-refractivity contribution >= 4 is 5.69 Å². The first-order chi connectivity index (χ1) is 12.7. The van der Waals surface area contributed by atoms with Crippen LogP contribution in [0.4, 0.5) is 5.69 Å². The van der Waals surface area contributed by atoms with E-state index in [1.165, 1.54) is 5.56 Å². The van der Waals surface area contributed by atoms with Crippen LogP contribution in [-0.2, 0) is 6.42 Å². The van der Waals surface area contributed by atoms with Gasteiger partial charge in [0.05, 0.1) is 12.8 Å². The predicted molar refractivity (Wildman–Crippen MR) is 100 cm³/mol. The van der Waals surface area contributed by atoms with Crippen molar-refractivity contribution in [3.05, 3.63) is 82.2 Å². The van der Waals surface area contributed by atoms with Crippen LogP contribution in [0.1, 0.15) is 11.1 Å². The Labute approximate surface area is 151 Å². The average Bonchev–Trinajstić information content (AvgIpc) is 2.68. The SMILES string of the molecule is COc1ccc(-c2cc(NCCc3ccccc3)c(C#N)c(=O)o2)cc1. The van der Waals surface area contributed by atoms with E-state index in [0.717, 1.165) is 12.0 Å². The van der Waals surface area contributed by atoms with Crippen LogP contribution in [0.15, 0.2) is 69.9 Å². The summed E-state index contributed by atoms with van der Waals surface area (Å²) in [4.78, 5) is 12.2. The van der Waals surface area contributed by atoms with Crippen molar-refractivity contribution in [2.75, 3.05) is 19.0 Å². The third-order valence-corrected chi connectivity index (χ3v) is 4.01. The summed E-state index contributed by atoms with van der Waals surface area (Å²) in [6.45, 7) is 0.601. The topological polar surface area (TPSA) is 75.3 Å². The lowest BCUT2D eigenvalue weighted by Crippen LogP contribution is -2.12. The second kappa shape index (κ2) is 8.04. The van der Waals surface area contributed by atoms with Gasteiger partial charge in [0.2, 0.25) is 0 Å². The fraction of sp³-hybridized carbons (Fsp3) is 0.143. The molecule has 0 aliphatic rings. The third-order valence-electron chi connectivity index (χ3n) is 4.01. The van der Waals surface area contributed by atoms with Crippen molar-refractivity contribution in [3.8, 4) is 23.1 Å². The molecule has 0 spiro atoms. The van der Waals surface area contributed by atoms with Crippen molar-refractivity contribution in [2.45, 2.75) is 6.42 Å². The van der Waals surface area contributed by atoms with Crippen molar-refractivity contribution in [2.24, 2.45) is 0 Å². The Morgan fingerprint density at radius 3 is 2.50 bits per heavy atom. The molecule has 0 unspecified atom stereocenters. The normalized spacial score (nSPS) is 10.2. The molecule has 0 aliphatic carbocycles. The van der Waals surface area contributed by atoms with Gasteiger partial charge in [-0.2, -0.15) is 5.26 Å². The van der Waals surface area contributed by atoms with Crippen LogP contribution in [0.2, 0.25) is 0 Å². The van der Waals surface area contributed by atoms with E-state index in [-0.39, 0.29) is 5.56 Å². The molecular formula is C21H18N2O3. The maximum atomic E-state index is 12.2. The molecule has 0 amide bonds. The van der Waals surface area contributed by atoms with Crippen molar-refractivity contribution in [1.82, 2.24) is 0 Å². The van der Waals surface area contributed by atoms with E-state index in [4.69, 9.17) is 9.15 Å². The van der Waals surface area contributed by atoms with Gasteiger partial charge in [0.15, 0.2) is 5.56 Å². The third kappa shape index (κ3) is 3.93. The Morgan fingerprint density at radius 2 is 1.85 bits per heavy atom. The fourth-order valence-corrected chi connectivity index (χ4v) is 2.62. The first kappa shape index (κ1) is 17.3. The Hall–Kier alpha value is -3.52. The molecular weight excluding hydrogens is 328 g/mol. The molecule has 0 fully saturated rings. The summed E-state index contributed by atoms with van der Waals surface area (Å²) in [5, 5.41) is 12.5. The molecule has 0 bridgehead atoms.